The number of aromatic nitrogens is 2. The molecule has 1 aliphatic rings. The van der Waals surface area contributed by atoms with Gasteiger partial charge in [-0.2, -0.15) is 9.78 Å². The van der Waals surface area contributed by atoms with Crippen molar-refractivity contribution >= 4 is 5.91 Å². The maximum atomic E-state index is 12.8. The molecule has 8 heteroatoms. The van der Waals surface area contributed by atoms with Gasteiger partial charge in [-0.15, -0.1) is 0 Å². The molecule has 0 radical (unpaired) electrons. The van der Waals surface area contributed by atoms with Gasteiger partial charge in [-0.25, -0.2) is 0 Å². The van der Waals surface area contributed by atoms with Crippen LogP contribution in [0.3, 0.4) is 0 Å². The van der Waals surface area contributed by atoms with Crippen molar-refractivity contribution in [2.24, 2.45) is 0 Å². The molecule has 2 aromatic carbocycles. The number of fused-ring (bicyclic) bond motifs is 1. The molecular formula is C21H19N3O5. The predicted octanol–water partition coefficient (Wildman–Crippen LogP) is 2.21. The second-order valence-electron chi connectivity index (χ2n) is 6.52. The van der Waals surface area contributed by atoms with Gasteiger partial charge in [0.1, 0.15) is 0 Å². The van der Waals surface area contributed by atoms with E-state index in [2.05, 4.69) is 10.4 Å². The lowest BCUT2D eigenvalue weighted by molar-refractivity contribution is 0.0940. The summed E-state index contributed by atoms with van der Waals surface area (Å²) in [5, 5.41) is 7.03. The highest BCUT2D eigenvalue weighted by Gasteiger charge is 2.19. The van der Waals surface area contributed by atoms with Crippen LogP contribution in [0.1, 0.15) is 21.6 Å². The fourth-order valence-corrected chi connectivity index (χ4v) is 2.94. The number of nitrogens with zero attached hydrogens (tertiary/aromatic N) is 2. The molecule has 0 atom stereocenters. The number of hydrogen-bond donors (Lipinski definition) is 1. The smallest absolute Gasteiger partial charge is 0.275 e. The fourth-order valence-electron chi connectivity index (χ4n) is 2.94. The third-order valence-corrected chi connectivity index (χ3v) is 4.50. The van der Waals surface area contributed by atoms with Crippen LogP contribution in [0.2, 0.25) is 0 Å². The summed E-state index contributed by atoms with van der Waals surface area (Å²) in [6, 6.07) is 14.0. The van der Waals surface area contributed by atoms with Crippen molar-refractivity contribution in [3.8, 4) is 22.9 Å². The molecule has 1 aliphatic heterocycles. The maximum Gasteiger partial charge on any atom is 0.275 e. The molecule has 2 heterocycles. The summed E-state index contributed by atoms with van der Waals surface area (Å²) >= 11 is 0. The third-order valence-electron chi connectivity index (χ3n) is 4.50. The van der Waals surface area contributed by atoms with Crippen LogP contribution in [-0.4, -0.2) is 29.6 Å². The van der Waals surface area contributed by atoms with Crippen LogP contribution in [0.25, 0.3) is 5.69 Å². The number of ether oxygens (including phenoxy) is 3. The first-order chi connectivity index (χ1) is 14.0. The van der Waals surface area contributed by atoms with Gasteiger partial charge in [-0.1, -0.05) is 23.8 Å². The second kappa shape index (κ2) is 7.67. The molecule has 0 fully saturated rings. The van der Waals surface area contributed by atoms with Crippen LogP contribution in [0.5, 0.6) is 17.2 Å². The van der Waals surface area contributed by atoms with E-state index in [1.807, 2.05) is 25.1 Å². The van der Waals surface area contributed by atoms with E-state index in [1.54, 1.807) is 24.3 Å². The van der Waals surface area contributed by atoms with E-state index >= 15 is 0 Å². The van der Waals surface area contributed by atoms with Crippen LogP contribution in [0, 0.1) is 6.92 Å². The highest BCUT2D eigenvalue weighted by atomic mass is 16.7. The molecule has 3 aromatic rings. The summed E-state index contributed by atoms with van der Waals surface area (Å²) in [6.07, 6.45) is 0. The topological polar surface area (TPSA) is 91.7 Å². The van der Waals surface area contributed by atoms with Gasteiger partial charge in [0, 0.05) is 6.54 Å². The van der Waals surface area contributed by atoms with Crippen molar-refractivity contribution in [2.45, 2.75) is 13.5 Å². The van der Waals surface area contributed by atoms with E-state index in [1.165, 1.54) is 17.9 Å². The highest BCUT2D eigenvalue weighted by molar-refractivity contribution is 5.94. The largest absolute Gasteiger partial charge is 0.494 e. The quantitative estimate of drug-likeness (QED) is 0.715. The third kappa shape index (κ3) is 3.77. The monoisotopic (exact) mass is 393 g/mol. The number of benzene rings is 2. The minimum Gasteiger partial charge on any atom is -0.494 e. The molecular weight excluding hydrogens is 374 g/mol. The van der Waals surface area contributed by atoms with Crippen molar-refractivity contribution in [2.75, 3.05) is 13.9 Å². The van der Waals surface area contributed by atoms with Crippen molar-refractivity contribution in [3.05, 3.63) is 75.7 Å². The Kier molecular flexibility index (Phi) is 4.90. The SMILES string of the molecule is COc1cc(=O)n(-c2ccc(C)cc2)nc1C(=O)NCc1ccc2c(c1)OCO2. The number of nitrogens with one attached hydrogen (secondary N) is 1. The van der Waals surface area contributed by atoms with Crippen LogP contribution in [0.15, 0.2) is 53.3 Å². The normalized spacial score (nSPS) is 11.9. The number of rotatable bonds is 5. The van der Waals surface area contributed by atoms with E-state index in [0.29, 0.717) is 17.2 Å². The van der Waals surface area contributed by atoms with Crippen molar-refractivity contribution in [1.29, 1.82) is 0 Å². The van der Waals surface area contributed by atoms with Gasteiger partial charge < -0.3 is 19.5 Å². The molecule has 29 heavy (non-hydrogen) atoms. The Labute approximate surface area is 166 Å². The molecule has 4 rings (SSSR count). The van der Waals surface area contributed by atoms with E-state index in [0.717, 1.165) is 11.1 Å². The fraction of sp³-hybridized carbons (Fsp3) is 0.190. The van der Waals surface area contributed by atoms with Crippen LogP contribution < -0.4 is 25.1 Å². The van der Waals surface area contributed by atoms with Crippen molar-refractivity contribution in [3.63, 3.8) is 0 Å². The summed E-state index contributed by atoms with van der Waals surface area (Å²) in [5.74, 6) is 0.968. The first-order valence-corrected chi connectivity index (χ1v) is 8.97. The van der Waals surface area contributed by atoms with Gasteiger partial charge in [0.25, 0.3) is 11.5 Å². The first-order valence-electron chi connectivity index (χ1n) is 8.97. The van der Waals surface area contributed by atoms with Gasteiger partial charge in [-0.3, -0.25) is 9.59 Å². The molecule has 1 amide bonds. The summed E-state index contributed by atoms with van der Waals surface area (Å²) < 4.78 is 17.0. The van der Waals surface area contributed by atoms with Gasteiger partial charge in [0.05, 0.1) is 18.9 Å². The molecule has 0 bridgehead atoms. The summed E-state index contributed by atoms with van der Waals surface area (Å²) in [7, 11) is 1.39. The number of hydrogen-bond acceptors (Lipinski definition) is 6. The van der Waals surface area contributed by atoms with Crippen molar-refractivity contribution in [1.82, 2.24) is 15.1 Å². The zero-order valence-corrected chi connectivity index (χ0v) is 16.0. The summed E-state index contributed by atoms with van der Waals surface area (Å²) in [5.41, 5.74) is 2.09. The number of carbonyl (C=O) groups is 1. The minimum absolute atomic E-state index is 0.0217. The summed E-state index contributed by atoms with van der Waals surface area (Å²) in [6.45, 7) is 2.39. The predicted molar refractivity (Wildman–Crippen MR) is 105 cm³/mol. The molecule has 0 saturated heterocycles. The summed E-state index contributed by atoms with van der Waals surface area (Å²) in [4.78, 5) is 25.2. The lowest BCUT2D eigenvalue weighted by Crippen LogP contribution is -2.29. The molecule has 0 unspecified atom stereocenters. The molecule has 0 aliphatic carbocycles. The number of amides is 1. The van der Waals surface area contributed by atoms with Crippen LogP contribution in [-0.2, 0) is 6.54 Å². The Hall–Kier alpha value is -3.81. The molecule has 8 nitrogen and oxygen atoms in total. The lowest BCUT2D eigenvalue weighted by Gasteiger charge is -2.12. The molecule has 0 saturated carbocycles. The van der Waals surface area contributed by atoms with E-state index < -0.39 is 11.5 Å². The molecule has 1 N–H and O–H groups in total. The first kappa shape index (κ1) is 18.5. The van der Waals surface area contributed by atoms with E-state index in [9.17, 15) is 9.59 Å². The molecule has 1 aromatic heterocycles. The van der Waals surface area contributed by atoms with Crippen LogP contribution in [0.4, 0.5) is 0 Å². The van der Waals surface area contributed by atoms with Gasteiger partial charge in [-0.05, 0) is 36.8 Å². The Bertz CT molecular complexity index is 1120. The Balaban J connectivity index is 1.59. The Morgan fingerprint density at radius 1 is 1.14 bits per heavy atom. The highest BCUT2D eigenvalue weighted by Crippen LogP contribution is 2.32. The number of methoxy groups -OCH3 is 1. The van der Waals surface area contributed by atoms with Gasteiger partial charge in [0.2, 0.25) is 6.79 Å². The number of aryl methyl sites for hydroxylation is 1. The van der Waals surface area contributed by atoms with Gasteiger partial charge in [0.15, 0.2) is 22.9 Å². The zero-order chi connectivity index (χ0) is 20.4. The Morgan fingerprint density at radius 2 is 1.90 bits per heavy atom. The maximum absolute atomic E-state index is 12.8. The average molecular weight is 393 g/mol. The van der Waals surface area contributed by atoms with Crippen molar-refractivity contribution < 1.29 is 19.0 Å². The molecule has 148 valence electrons. The van der Waals surface area contributed by atoms with E-state index in [4.69, 9.17) is 14.2 Å². The molecule has 0 spiro atoms. The van der Waals surface area contributed by atoms with Crippen LogP contribution >= 0.6 is 0 Å². The second-order valence-corrected chi connectivity index (χ2v) is 6.52. The van der Waals surface area contributed by atoms with E-state index in [-0.39, 0.29) is 24.8 Å². The standard InChI is InChI=1S/C21H19N3O5/c1-13-3-6-15(7-4-13)24-19(25)10-18(27-2)20(23-24)21(26)22-11-14-5-8-16-17(9-14)29-12-28-16/h3-10H,11-12H2,1-2H3,(H,22,26). The number of carbonyl (C=O) groups excluding carboxylic acids is 1. The lowest BCUT2D eigenvalue weighted by atomic mass is 10.2. The Morgan fingerprint density at radius 3 is 2.66 bits per heavy atom. The average Bonchev–Trinajstić information content (AvgIpc) is 3.20. The minimum atomic E-state index is -0.458. The zero-order valence-electron chi connectivity index (χ0n) is 16.0. The van der Waals surface area contributed by atoms with Gasteiger partial charge >= 0.3 is 0 Å².